The standard InChI is InChI=1S/C31H20BrCl2N3O4/c1-39-27-13-19(12-24(34)29(27)40-17-18-6-8-21(32)9-7-18)16-35-37-30(36-25-5-3-2-4-23(25)31(37)38)28-15-20-14-22(33)10-11-26(20)41-28/h2-16H,17H2,1H3. The average Bonchev–Trinajstić information content (AvgIpc) is 3.39. The third-order valence-corrected chi connectivity index (χ3v) is 7.37. The molecular formula is C31H20BrCl2N3O4. The molecule has 0 amide bonds. The molecule has 41 heavy (non-hydrogen) atoms. The molecule has 0 radical (unpaired) electrons. The van der Waals surface area contributed by atoms with Gasteiger partial charge in [0.1, 0.15) is 12.2 Å². The molecule has 204 valence electrons. The van der Waals surface area contributed by atoms with Crippen LogP contribution in [0.25, 0.3) is 33.5 Å². The number of rotatable bonds is 7. The summed E-state index contributed by atoms with van der Waals surface area (Å²) in [7, 11) is 1.53. The minimum Gasteiger partial charge on any atom is -0.493 e. The van der Waals surface area contributed by atoms with Crippen molar-refractivity contribution in [3.8, 4) is 23.1 Å². The third-order valence-electron chi connectivity index (χ3n) is 6.32. The van der Waals surface area contributed by atoms with Crippen LogP contribution in [-0.4, -0.2) is 23.0 Å². The number of benzene rings is 4. The number of para-hydroxylation sites is 1. The van der Waals surface area contributed by atoms with Gasteiger partial charge in [-0.25, -0.2) is 4.98 Å². The molecular weight excluding hydrogens is 629 g/mol. The number of methoxy groups -OCH3 is 1. The lowest BCUT2D eigenvalue weighted by atomic mass is 10.2. The Labute approximate surface area is 252 Å². The molecule has 7 nitrogen and oxygen atoms in total. The minimum atomic E-state index is -0.354. The summed E-state index contributed by atoms with van der Waals surface area (Å²) in [6.45, 7) is 0.307. The van der Waals surface area contributed by atoms with Gasteiger partial charge in [-0.1, -0.05) is 63.4 Å². The Morgan fingerprint density at radius 2 is 1.83 bits per heavy atom. The van der Waals surface area contributed by atoms with Gasteiger partial charge in [0.2, 0.25) is 5.82 Å². The molecule has 10 heteroatoms. The van der Waals surface area contributed by atoms with E-state index in [1.54, 1.807) is 54.6 Å². The Morgan fingerprint density at radius 3 is 2.63 bits per heavy atom. The first-order valence-electron chi connectivity index (χ1n) is 12.4. The van der Waals surface area contributed by atoms with Crippen molar-refractivity contribution in [1.29, 1.82) is 0 Å². The maximum absolute atomic E-state index is 13.6. The highest BCUT2D eigenvalue weighted by molar-refractivity contribution is 9.10. The lowest BCUT2D eigenvalue weighted by Gasteiger charge is -2.13. The number of furan rings is 1. The molecule has 0 saturated heterocycles. The summed E-state index contributed by atoms with van der Waals surface area (Å²) in [6, 6.07) is 25.3. The largest absolute Gasteiger partial charge is 0.493 e. The quantitative estimate of drug-likeness (QED) is 0.163. The van der Waals surface area contributed by atoms with Crippen molar-refractivity contribution in [3.63, 3.8) is 0 Å². The van der Waals surface area contributed by atoms with Gasteiger partial charge in [-0.05, 0) is 71.8 Å². The van der Waals surface area contributed by atoms with Crippen LogP contribution in [0.1, 0.15) is 11.1 Å². The normalized spacial score (nSPS) is 11.5. The van der Waals surface area contributed by atoms with Gasteiger partial charge >= 0.3 is 0 Å². The molecule has 6 rings (SSSR count). The monoisotopic (exact) mass is 647 g/mol. The summed E-state index contributed by atoms with van der Waals surface area (Å²) in [5, 5.41) is 6.61. The molecule has 6 aromatic rings. The summed E-state index contributed by atoms with van der Waals surface area (Å²) < 4.78 is 19.8. The van der Waals surface area contributed by atoms with E-state index in [1.807, 2.05) is 30.3 Å². The van der Waals surface area contributed by atoms with Crippen LogP contribution in [0.3, 0.4) is 0 Å². The van der Waals surface area contributed by atoms with Gasteiger partial charge in [-0.3, -0.25) is 4.79 Å². The Bertz CT molecular complexity index is 2000. The van der Waals surface area contributed by atoms with Gasteiger partial charge in [-0.15, -0.1) is 0 Å². The predicted molar refractivity (Wildman–Crippen MR) is 166 cm³/mol. The SMILES string of the molecule is COc1cc(C=Nn2c(-c3cc4cc(Cl)ccc4o3)nc3ccccc3c2=O)cc(Cl)c1OCc1ccc(Br)cc1. The Hall–Kier alpha value is -4.11. The lowest BCUT2D eigenvalue weighted by molar-refractivity contribution is 0.284. The second-order valence-corrected chi connectivity index (χ2v) is 10.8. The van der Waals surface area contributed by atoms with Crippen LogP contribution in [0.5, 0.6) is 11.5 Å². The molecule has 0 spiro atoms. The zero-order valence-corrected chi connectivity index (χ0v) is 24.6. The second kappa shape index (κ2) is 11.4. The van der Waals surface area contributed by atoms with Gasteiger partial charge in [-0.2, -0.15) is 9.78 Å². The first kappa shape index (κ1) is 27.1. The van der Waals surface area contributed by atoms with Crippen molar-refractivity contribution in [2.75, 3.05) is 7.11 Å². The zero-order valence-electron chi connectivity index (χ0n) is 21.5. The summed E-state index contributed by atoms with van der Waals surface area (Å²) >= 11 is 16.2. The van der Waals surface area contributed by atoms with Crippen molar-refractivity contribution < 1.29 is 13.9 Å². The molecule has 4 aromatic carbocycles. The van der Waals surface area contributed by atoms with E-state index in [4.69, 9.17) is 42.1 Å². The van der Waals surface area contributed by atoms with Crippen LogP contribution in [0.2, 0.25) is 10.0 Å². The maximum Gasteiger partial charge on any atom is 0.282 e. The fraction of sp³-hybridized carbons (Fsp3) is 0.0645. The maximum atomic E-state index is 13.6. The molecule has 0 fully saturated rings. The molecule has 0 atom stereocenters. The van der Waals surface area contributed by atoms with E-state index in [9.17, 15) is 4.79 Å². The van der Waals surface area contributed by atoms with E-state index >= 15 is 0 Å². The lowest BCUT2D eigenvalue weighted by Crippen LogP contribution is -2.20. The number of hydrogen-bond donors (Lipinski definition) is 0. The molecule has 0 aliphatic carbocycles. The van der Waals surface area contributed by atoms with Crippen LogP contribution in [-0.2, 0) is 6.61 Å². The van der Waals surface area contributed by atoms with Gasteiger partial charge in [0, 0.05) is 14.9 Å². The van der Waals surface area contributed by atoms with Crippen LogP contribution in [0.4, 0.5) is 0 Å². The second-order valence-electron chi connectivity index (χ2n) is 9.06. The topological polar surface area (TPSA) is 78.9 Å². The number of ether oxygens (including phenoxy) is 2. The molecule has 0 aliphatic heterocycles. The van der Waals surface area contributed by atoms with Gasteiger partial charge in [0.25, 0.3) is 5.56 Å². The van der Waals surface area contributed by atoms with E-state index in [2.05, 4.69) is 21.0 Å². The minimum absolute atomic E-state index is 0.241. The zero-order chi connectivity index (χ0) is 28.5. The van der Waals surface area contributed by atoms with Gasteiger partial charge in [0.15, 0.2) is 17.3 Å². The summed E-state index contributed by atoms with van der Waals surface area (Å²) in [4.78, 5) is 18.3. The number of hydrogen-bond acceptors (Lipinski definition) is 6. The highest BCUT2D eigenvalue weighted by atomic mass is 79.9. The molecule has 2 aromatic heterocycles. The first-order chi connectivity index (χ1) is 19.9. The Morgan fingerprint density at radius 1 is 1.02 bits per heavy atom. The number of aromatic nitrogens is 2. The molecule has 0 N–H and O–H groups in total. The van der Waals surface area contributed by atoms with Gasteiger partial charge in [0.05, 0.1) is 29.2 Å². The molecule has 0 aliphatic rings. The fourth-order valence-corrected chi connectivity index (χ4v) is 5.05. The van der Waals surface area contributed by atoms with E-state index < -0.39 is 0 Å². The van der Waals surface area contributed by atoms with E-state index in [-0.39, 0.29) is 11.4 Å². The Kier molecular flexibility index (Phi) is 7.53. The summed E-state index contributed by atoms with van der Waals surface area (Å²) in [5.41, 5.74) is 2.34. The molecule has 0 bridgehead atoms. The van der Waals surface area contributed by atoms with Crippen molar-refractivity contribution in [1.82, 2.24) is 9.66 Å². The number of halogens is 3. The van der Waals surface area contributed by atoms with E-state index in [0.29, 0.717) is 56.0 Å². The smallest absolute Gasteiger partial charge is 0.282 e. The van der Waals surface area contributed by atoms with E-state index in [0.717, 1.165) is 15.4 Å². The van der Waals surface area contributed by atoms with Crippen molar-refractivity contribution in [2.45, 2.75) is 6.61 Å². The van der Waals surface area contributed by atoms with Crippen molar-refractivity contribution >= 4 is 67.2 Å². The highest BCUT2D eigenvalue weighted by Crippen LogP contribution is 2.37. The predicted octanol–water partition coefficient (Wildman–Crippen LogP) is 8.35. The molecule has 2 heterocycles. The van der Waals surface area contributed by atoms with E-state index in [1.165, 1.54) is 18.0 Å². The summed E-state index contributed by atoms with van der Waals surface area (Å²) in [5.74, 6) is 1.44. The van der Waals surface area contributed by atoms with Crippen molar-refractivity contribution in [3.05, 3.63) is 121 Å². The van der Waals surface area contributed by atoms with Crippen molar-refractivity contribution in [2.24, 2.45) is 5.10 Å². The van der Waals surface area contributed by atoms with Crippen LogP contribution >= 0.6 is 39.1 Å². The van der Waals surface area contributed by atoms with Crippen LogP contribution in [0.15, 0.2) is 104 Å². The fourth-order valence-electron chi connectivity index (χ4n) is 4.33. The summed E-state index contributed by atoms with van der Waals surface area (Å²) in [6.07, 6.45) is 1.51. The highest BCUT2D eigenvalue weighted by Gasteiger charge is 2.17. The molecule has 0 saturated carbocycles. The third kappa shape index (κ3) is 5.59. The van der Waals surface area contributed by atoms with Crippen LogP contribution < -0.4 is 15.0 Å². The number of fused-ring (bicyclic) bond motifs is 2. The number of nitrogens with zero attached hydrogens (tertiary/aromatic N) is 3. The Balaban J connectivity index is 1.39. The first-order valence-corrected chi connectivity index (χ1v) is 13.9. The van der Waals surface area contributed by atoms with Crippen LogP contribution in [0, 0.1) is 0 Å². The van der Waals surface area contributed by atoms with Gasteiger partial charge < -0.3 is 13.9 Å². The average molecular weight is 649 g/mol. The molecule has 0 unspecified atom stereocenters.